The molecule has 1 fully saturated rings. The van der Waals surface area contributed by atoms with Crippen LogP contribution in [-0.4, -0.2) is 41.9 Å². The molecule has 1 aliphatic carbocycles. The number of nitrogens with zero attached hydrogens (tertiary/aromatic N) is 1. The summed E-state index contributed by atoms with van der Waals surface area (Å²) in [5.41, 5.74) is 0. The number of para-hydroxylation sites is 2. The van der Waals surface area contributed by atoms with Crippen LogP contribution in [0.3, 0.4) is 0 Å². The highest BCUT2D eigenvalue weighted by molar-refractivity contribution is 7.80. The Morgan fingerprint density at radius 3 is 2.80 bits per heavy atom. The Balaban J connectivity index is 1.58. The molecule has 1 saturated carbocycles. The number of likely N-dealkylation sites (N-methyl/N-ethyl adjacent to an activating group) is 1. The zero-order chi connectivity index (χ0) is 13.9. The monoisotopic (exact) mass is 292 g/mol. The molecule has 108 valence electrons. The average Bonchev–Trinajstić information content (AvgIpc) is 3.28. The molecule has 3 rings (SSSR count). The number of rotatable bonds is 4. The third kappa shape index (κ3) is 3.15. The van der Waals surface area contributed by atoms with Gasteiger partial charge in [-0.15, -0.1) is 0 Å². The quantitative estimate of drug-likeness (QED) is 0.860. The van der Waals surface area contributed by atoms with Crippen molar-refractivity contribution in [3.8, 4) is 11.5 Å². The minimum atomic E-state index is 0.0174. The summed E-state index contributed by atoms with van der Waals surface area (Å²) in [6, 6.07) is 8.37. The second-order valence-corrected chi connectivity index (χ2v) is 5.65. The summed E-state index contributed by atoms with van der Waals surface area (Å²) in [5, 5.41) is 4.21. The van der Waals surface area contributed by atoms with Crippen LogP contribution in [0.4, 0.5) is 0 Å². The third-order valence-electron chi connectivity index (χ3n) is 3.57. The van der Waals surface area contributed by atoms with Gasteiger partial charge in [0.25, 0.3) is 0 Å². The summed E-state index contributed by atoms with van der Waals surface area (Å²) in [5.74, 6) is 1.64. The number of hydrogen-bond donors (Lipinski definition) is 1. The molecule has 1 aliphatic heterocycles. The Hall–Kier alpha value is -1.49. The van der Waals surface area contributed by atoms with E-state index >= 15 is 0 Å². The van der Waals surface area contributed by atoms with Crippen molar-refractivity contribution < 1.29 is 9.47 Å². The van der Waals surface area contributed by atoms with Crippen molar-refractivity contribution in [3.63, 3.8) is 0 Å². The van der Waals surface area contributed by atoms with Gasteiger partial charge in [-0.1, -0.05) is 12.1 Å². The maximum atomic E-state index is 5.98. The Kier molecular flexibility index (Phi) is 3.96. The number of hydrogen-bond acceptors (Lipinski definition) is 3. The van der Waals surface area contributed by atoms with Crippen LogP contribution >= 0.6 is 12.2 Å². The van der Waals surface area contributed by atoms with Gasteiger partial charge in [0, 0.05) is 12.6 Å². The van der Waals surface area contributed by atoms with E-state index in [1.165, 1.54) is 12.8 Å². The van der Waals surface area contributed by atoms with Gasteiger partial charge < -0.3 is 19.7 Å². The van der Waals surface area contributed by atoms with E-state index in [4.69, 9.17) is 21.7 Å². The van der Waals surface area contributed by atoms with Crippen molar-refractivity contribution in [1.29, 1.82) is 0 Å². The van der Waals surface area contributed by atoms with E-state index in [0.29, 0.717) is 12.6 Å². The maximum Gasteiger partial charge on any atom is 0.169 e. The highest BCUT2D eigenvalue weighted by Gasteiger charge is 2.26. The molecule has 1 N–H and O–H groups in total. The molecular weight excluding hydrogens is 272 g/mol. The predicted molar refractivity (Wildman–Crippen MR) is 82.4 cm³/mol. The van der Waals surface area contributed by atoms with E-state index < -0.39 is 0 Å². The lowest BCUT2D eigenvalue weighted by Crippen LogP contribution is -2.47. The molecule has 0 saturated heterocycles. The molecule has 0 radical (unpaired) electrons. The van der Waals surface area contributed by atoms with Crippen molar-refractivity contribution in [2.24, 2.45) is 0 Å². The molecule has 0 spiro atoms. The molecule has 1 unspecified atom stereocenters. The molecular formula is C15H20N2O2S. The topological polar surface area (TPSA) is 33.7 Å². The van der Waals surface area contributed by atoms with Gasteiger partial charge in [-0.3, -0.25) is 0 Å². The Labute approximate surface area is 125 Å². The van der Waals surface area contributed by atoms with Gasteiger partial charge in [0.15, 0.2) is 22.7 Å². The fraction of sp³-hybridized carbons (Fsp3) is 0.533. The van der Waals surface area contributed by atoms with E-state index in [9.17, 15) is 0 Å². The molecule has 0 bridgehead atoms. The van der Waals surface area contributed by atoms with Crippen LogP contribution in [0.5, 0.6) is 11.5 Å². The minimum absolute atomic E-state index is 0.0174. The van der Waals surface area contributed by atoms with E-state index in [2.05, 4.69) is 17.1 Å². The van der Waals surface area contributed by atoms with Crippen molar-refractivity contribution in [1.82, 2.24) is 10.2 Å². The molecule has 0 amide bonds. The fourth-order valence-corrected chi connectivity index (χ4v) is 2.62. The van der Waals surface area contributed by atoms with Crippen LogP contribution in [0.15, 0.2) is 24.3 Å². The smallest absolute Gasteiger partial charge is 0.169 e. The number of nitrogens with one attached hydrogen (secondary N) is 1. The van der Waals surface area contributed by atoms with Gasteiger partial charge in [0.2, 0.25) is 0 Å². The largest absolute Gasteiger partial charge is 0.486 e. The van der Waals surface area contributed by atoms with Crippen molar-refractivity contribution in [3.05, 3.63) is 24.3 Å². The van der Waals surface area contributed by atoms with E-state index in [1.807, 2.05) is 24.3 Å². The van der Waals surface area contributed by atoms with Gasteiger partial charge in [0.1, 0.15) is 6.61 Å². The van der Waals surface area contributed by atoms with Crippen LogP contribution in [0.1, 0.15) is 19.8 Å². The van der Waals surface area contributed by atoms with Crippen molar-refractivity contribution >= 4 is 17.3 Å². The first-order chi connectivity index (χ1) is 9.76. The van der Waals surface area contributed by atoms with Gasteiger partial charge in [0.05, 0.1) is 6.54 Å². The molecule has 1 heterocycles. The lowest BCUT2D eigenvalue weighted by atomic mass is 10.2. The van der Waals surface area contributed by atoms with E-state index in [0.717, 1.165) is 29.7 Å². The van der Waals surface area contributed by atoms with Crippen molar-refractivity contribution in [2.75, 3.05) is 19.7 Å². The zero-order valence-corrected chi connectivity index (χ0v) is 12.5. The number of fused-ring (bicyclic) bond motifs is 1. The normalized spacial score (nSPS) is 20.4. The number of benzene rings is 1. The molecule has 2 aliphatic rings. The summed E-state index contributed by atoms with van der Waals surface area (Å²) in [7, 11) is 0. The van der Waals surface area contributed by atoms with Crippen molar-refractivity contribution in [2.45, 2.75) is 31.9 Å². The lowest BCUT2D eigenvalue weighted by molar-refractivity contribution is 0.0748. The Bertz CT molecular complexity index is 491. The summed E-state index contributed by atoms with van der Waals surface area (Å²) in [6.45, 7) is 4.31. The first-order valence-electron chi connectivity index (χ1n) is 7.20. The molecule has 4 nitrogen and oxygen atoms in total. The Morgan fingerprint density at radius 2 is 2.10 bits per heavy atom. The standard InChI is InChI=1S/C15H20N2O2S/c1-2-17(15(20)16-11-7-8-11)9-12-10-18-13-5-3-4-6-14(13)19-12/h3-6,11-12H,2,7-10H2,1H3,(H,16,20). The minimum Gasteiger partial charge on any atom is -0.486 e. The average molecular weight is 292 g/mol. The molecule has 5 heteroatoms. The molecule has 1 aromatic rings. The molecule has 1 aromatic carbocycles. The summed E-state index contributed by atoms with van der Waals surface area (Å²) in [4.78, 5) is 2.15. The van der Waals surface area contributed by atoms with E-state index in [1.54, 1.807) is 0 Å². The van der Waals surface area contributed by atoms with Crippen LogP contribution in [0.2, 0.25) is 0 Å². The zero-order valence-electron chi connectivity index (χ0n) is 11.7. The summed E-state index contributed by atoms with van der Waals surface area (Å²) in [6.07, 6.45) is 2.48. The fourth-order valence-electron chi connectivity index (χ4n) is 2.25. The number of ether oxygens (including phenoxy) is 2. The number of thiocarbonyl (C=S) groups is 1. The third-order valence-corrected chi connectivity index (χ3v) is 3.94. The van der Waals surface area contributed by atoms with Crippen LogP contribution in [-0.2, 0) is 0 Å². The van der Waals surface area contributed by atoms with Gasteiger partial charge in [-0.2, -0.15) is 0 Å². The summed E-state index contributed by atoms with van der Waals surface area (Å²) >= 11 is 5.46. The first kappa shape index (κ1) is 13.5. The van der Waals surface area contributed by atoms with E-state index in [-0.39, 0.29) is 6.10 Å². The van der Waals surface area contributed by atoms with Crippen LogP contribution in [0, 0.1) is 0 Å². The highest BCUT2D eigenvalue weighted by Crippen LogP contribution is 2.31. The molecule has 20 heavy (non-hydrogen) atoms. The predicted octanol–water partition coefficient (Wildman–Crippen LogP) is 2.19. The molecule has 0 aromatic heterocycles. The first-order valence-corrected chi connectivity index (χ1v) is 7.61. The van der Waals surface area contributed by atoms with Gasteiger partial charge in [-0.05, 0) is 44.1 Å². The second kappa shape index (κ2) is 5.87. The lowest BCUT2D eigenvalue weighted by Gasteiger charge is -2.32. The molecule has 1 atom stereocenters. The SMILES string of the molecule is CCN(CC1COc2ccccc2O1)C(=S)NC1CC1. The maximum absolute atomic E-state index is 5.98. The Morgan fingerprint density at radius 1 is 1.35 bits per heavy atom. The van der Waals surface area contributed by atoms with Crippen LogP contribution < -0.4 is 14.8 Å². The second-order valence-electron chi connectivity index (χ2n) is 5.26. The van der Waals surface area contributed by atoms with Gasteiger partial charge >= 0.3 is 0 Å². The summed E-state index contributed by atoms with van der Waals surface area (Å²) < 4.78 is 11.7. The highest BCUT2D eigenvalue weighted by atomic mass is 32.1. The van der Waals surface area contributed by atoms with Gasteiger partial charge in [-0.25, -0.2) is 0 Å². The van der Waals surface area contributed by atoms with Crippen LogP contribution in [0.25, 0.3) is 0 Å².